The molecule has 1 aliphatic heterocycles. The Balaban J connectivity index is 1.96. The first-order valence-corrected chi connectivity index (χ1v) is 6.52. The monoisotopic (exact) mass is 237 g/mol. The average molecular weight is 237 g/mol. The van der Waals surface area contributed by atoms with Crippen LogP contribution < -0.4 is 5.32 Å². The normalized spacial score (nSPS) is 19.8. The lowest BCUT2D eigenvalue weighted by molar-refractivity contribution is 0.0108. The van der Waals surface area contributed by atoms with Crippen molar-refractivity contribution in [2.75, 3.05) is 13.1 Å². The van der Waals surface area contributed by atoms with Crippen molar-refractivity contribution < 1.29 is 5.11 Å². The summed E-state index contributed by atoms with van der Waals surface area (Å²) in [7, 11) is 0. The Bertz CT molecular complexity index is 353. The SMILES string of the molecule is CC(C)Cn1cc(CC2(O)CCNCC2)cn1. The van der Waals surface area contributed by atoms with Crippen molar-refractivity contribution in [3.05, 3.63) is 18.0 Å². The van der Waals surface area contributed by atoms with Gasteiger partial charge in [0.15, 0.2) is 0 Å². The molecular weight excluding hydrogens is 214 g/mol. The van der Waals surface area contributed by atoms with Gasteiger partial charge in [0, 0.05) is 19.2 Å². The van der Waals surface area contributed by atoms with E-state index in [1.807, 2.05) is 10.9 Å². The minimum Gasteiger partial charge on any atom is -0.389 e. The lowest BCUT2D eigenvalue weighted by Gasteiger charge is -2.32. The third-order valence-corrected chi connectivity index (χ3v) is 3.31. The second-order valence-electron chi connectivity index (χ2n) is 5.62. The van der Waals surface area contributed by atoms with Crippen LogP contribution in [0.3, 0.4) is 0 Å². The van der Waals surface area contributed by atoms with E-state index >= 15 is 0 Å². The maximum absolute atomic E-state index is 10.4. The molecule has 4 nitrogen and oxygen atoms in total. The zero-order valence-electron chi connectivity index (χ0n) is 10.8. The van der Waals surface area contributed by atoms with Gasteiger partial charge in [0.05, 0.1) is 11.8 Å². The minimum atomic E-state index is -0.531. The van der Waals surface area contributed by atoms with Gasteiger partial charge in [-0.3, -0.25) is 4.68 Å². The number of hydrogen-bond acceptors (Lipinski definition) is 3. The number of nitrogens with zero attached hydrogens (tertiary/aromatic N) is 2. The van der Waals surface area contributed by atoms with E-state index in [9.17, 15) is 5.11 Å². The highest BCUT2D eigenvalue weighted by Gasteiger charge is 2.29. The number of hydrogen-bond donors (Lipinski definition) is 2. The van der Waals surface area contributed by atoms with E-state index in [2.05, 4.69) is 30.5 Å². The Kier molecular flexibility index (Phi) is 3.84. The van der Waals surface area contributed by atoms with Crippen LogP contribution in [0.2, 0.25) is 0 Å². The van der Waals surface area contributed by atoms with Crippen LogP contribution >= 0.6 is 0 Å². The molecule has 1 aliphatic rings. The van der Waals surface area contributed by atoms with Gasteiger partial charge in [0.1, 0.15) is 0 Å². The maximum Gasteiger partial charge on any atom is 0.0713 e. The third-order valence-electron chi connectivity index (χ3n) is 3.31. The lowest BCUT2D eigenvalue weighted by Crippen LogP contribution is -2.43. The van der Waals surface area contributed by atoms with Crippen LogP contribution in [-0.2, 0) is 13.0 Å². The molecule has 4 heteroatoms. The van der Waals surface area contributed by atoms with Gasteiger partial charge >= 0.3 is 0 Å². The molecule has 0 unspecified atom stereocenters. The molecule has 0 aromatic carbocycles. The van der Waals surface area contributed by atoms with E-state index in [0.717, 1.165) is 44.5 Å². The fraction of sp³-hybridized carbons (Fsp3) is 0.769. The summed E-state index contributed by atoms with van der Waals surface area (Å²) >= 11 is 0. The summed E-state index contributed by atoms with van der Waals surface area (Å²) in [5, 5.41) is 18.1. The Morgan fingerprint density at radius 3 is 2.82 bits per heavy atom. The highest BCUT2D eigenvalue weighted by molar-refractivity contribution is 5.09. The van der Waals surface area contributed by atoms with Crippen LogP contribution in [0, 0.1) is 5.92 Å². The van der Waals surface area contributed by atoms with E-state index < -0.39 is 5.60 Å². The Morgan fingerprint density at radius 1 is 1.47 bits per heavy atom. The molecule has 0 saturated carbocycles. The van der Waals surface area contributed by atoms with Gasteiger partial charge in [0.25, 0.3) is 0 Å². The predicted octanol–water partition coefficient (Wildman–Crippen LogP) is 1.20. The molecular formula is C13H23N3O. The molecule has 0 spiro atoms. The van der Waals surface area contributed by atoms with Gasteiger partial charge in [-0.15, -0.1) is 0 Å². The summed E-state index contributed by atoms with van der Waals surface area (Å²) in [6, 6.07) is 0. The van der Waals surface area contributed by atoms with Crippen LogP contribution in [0.5, 0.6) is 0 Å². The fourth-order valence-electron chi connectivity index (χ4n) is 2.42. The van der Waals surface area contributed by atoms with Crippen molar-refractivity contribution in [3.8, 4) is 0 Å². The molecule has 0 radical (unpaired) electrons. The van der Waals surface area contributed by atoms with E-state index in [0.29, 0.717) is 5.92 Å². The zero-order chi connectivity index (χ0) is 12.3. The van der Waals surface area contributed by atoms with Gasteiger partial charge < -0.3 is 10.4 Å². The van der Waals surface area contributed by atoms with Gasteiger partial charge in [-0.2, -0.15) is 5.10 Å². The quantitative estimate of drug-likeness (QED) is 0.827. The van der Waals surface area contributed by atoms with E-state index in [1.54, 1.807) is 0 Å². The van der Waals surface area contributed by atoms with Crippen molar-refractivity contribution in [2.24, 2.45) is 5.92 Å². The molecule has 0 aliphatic carbocycles. The first-order valence-electron chi connectivity index (χ1n) is 6.52. The molecule has 0 bridgehead atoms. The second kappa shape index (κ2) is 5.19. The molecule has 0 atom stereocenters. The minimum absolute atomic E-state index is 0.531. The third kappa shape index (κ3) is 3.54. The molecule has 17 heavy (non-hydrogen) atoms. The second-order valence-corrected chi connectivity index (χ2v) is 5.62. The van der Waals surface area contributed by atoms with E-state index in [4.69, 9.17) is 0 Å². The summed E-state index contributed by atoms with van der Waals surface area (Å²) < 4.78 is 1.98. The summed E-state index contributed by atoms with van der Waals surface area (Å²) in [6.45, 7) is 7.14. The molecule has 1 saturated heterocycles. The van der Waals surface area contributed by atoms with Crippen LogP contribution in [0.1, 0.15) is 32.3 Å². The smallest absolute Gasteiger partial charge is 0.0713 e. The zero-order valence-corrected chi connectivity index (χ0v) is 10.8. The van der Waals surface area contributed by atoms with Crippen molar-refractivity contribution >= 4 is 0 Å². The number of nitrogens with one attached hydrogen (secondary N) is 1. The fourth-order valence-corrected chi connectivity index (χ4v) is 2.42. The lowest BCUT2D eigenvalue weighted by atomic mass is 9.87. The maximum atomic E-state index is 10.4. The number of aromatic nitrogens is 2. The molecule has 2 rings (SSSR count). The van der Waals surface area contributed by atoms with Crippen LogP contribution in [0.4, 0.5) is 0 Å². The highest BCUT2D eigenvalue weighted by Crippen LogP contribution is 2.23. The standard InChI is InChI=1S/C13H23N3O/c1-11(2)9-16-10-12(8-15-16)7-13(17)3-5-14-6-4-13/h8,10-11,14,17H,3-7,9H2,1-2H3. The first kappa shape index (κ1) is 12.6. The first-order chi connectivity index (χ1) is 8.07. The van der Waals surface area contributed by atoms with Crippen molar-refractivity contribution in [2.45, 2.75) is 45.3 Å². The summed E-state index contributed by atoms with van der Waals surface area (Å²) in [5.41, 5.74) is 0.617. The van der Waals surface area contributed by atoms with Gasteiger partial charge in [-0.25, -0.2) is 0 Å². The summed E-state index contributed by atoms with van der Waals surface area (Å²) in [5.74, 6) is 0.602. The molecule has 2 N–H and O–H groups in total. The van der Waals surface area contributed by atoms with Gasteiger partial charge in [0.2, 0.25) is 0 Å². The van der Waals surface area contributed by atoms with Gasteiger partial charge in [-0.05, 0) is 37.4 Å². The Hall–Kier alpha value is -0.870. The largest absolute Gasteiger partial charge is 0.389 e. The number of aliphatic hydroxyl groups is 1. The van der Waals surface area contributed by atoms with E-state index in [1.165, 1.54) is 0 Å². The van der Waals surface area contributed by atoms with Crippen molar-refractivity contribution in [1.29, 1.82) is 0 Å². The molecule has 1 fully saturated rings. The molecule has 96 valence electrons. The van der Waals surface area contributed by atoms with Gasteiger partial charge in [-0.1, -0.05) is 13.8 Å². The molecule has 1 aromatic rings. The van der Waals surface area contributed by atoms with Crippen LogP contribution in [0.25, 0.3) is 0 Å². The number of rotatable bonds is 4. The van der Waals surface area contributed by atoms with Crippen molar-refractivity contribution in [3.63, 3.8) is 0 Å². The summed E-state index contributed by atoms with van der Waals surface area (Å²) in [6.07, 6.45) is 6.36. The molecule has 2 heterocycles. The average Bonchev–Trinajstić information content (AvgIpc) is 2.64. The Labute approximate surface area is 103 Å². The van der Waals surface area contributed by atoms with E-state index in [-0.39, 0.29) is 0 Å². The highest BCUT2D eigenvalue weighted by atomic mass is 16.3. The topological polar surface area (TPSA) is 50.1 Å². The number of piperidine rings is 1. The summed E-state index contributed by atoms with van der Waals surface area (Å²) in [4.78, 5) is 0. The van der Waals surface area contributed by atoms with Crippen LogP contribution in [0.15, 0.2) is 12.4 Å². The van der Waals surface area contributed by atoms with Crippen LogP contribution in [-0.4, -0.2) is 33.6 Å². The molecule has 1 aromatic heterocycles. The molecule has 0 amide bonds. The Morgan fingerprint density at radius 2 is 2.18 bits per heavy atom. The van der Waals surface area contributed by atoms with Crippen molar-refractivity contribution in [1.82, 2.24) is 15.1 Å². The predicted molar refractivity (Wildman–Crippen MR) is 67.8 cm³/mol.